The first-order valence-corrected chi connectivity index (χ1v) is 16.0. The Bertz CT molecular complexity index is 1460. The third-order valence-corrected chi connectivity index (χ3v) is 9.95. The van der Waals surface area contributed by atoms with Crippen LogP contribution in [-0.4, -0.2) is 43.8 Å². The third-order valence-electron chi connectivity index (χ3n) is 7.47. The van der Waals surface area contributed by atoms with E-state index in [4.69, 9.17) is 23.2 Å². The Morgan fingerprint density at radius 3 is 2.15 bits per heavy atom. The minimum atomic E-state index is -4.13. The second-order valence-electron chi connectivity index (χ2n) is 10.2. The molecule has 0 aliphatic heterocycles. The molecule has 7 nitrogen and oxygen atoms in total. The van der Waals surface area contributed by atoms with Gasteiger partial charge in [0.2, 0.25) is 11.8 Å². The van der Waals surface area contributed by atoms with Crippen molar-refractivity contribution in [3.63, 3.8) is 0 Å². The van der Waals surface area contributed by atoms with Gasteiger partial charge in [-0.2, -0.15) is 0 Å². The fraction of sp³-hybridized carbons (Fsp3) is 0.355. The second kappa shape index (κ2) is 13.7. The van der Waals surface area contributed by atoms with Crippen LogP contribution in [0.2, 0.25) is 10.0 Å². The molecular formula is C31H35Cl2N3O4S. The molecule has 1 saturated carbocycles. The van der Waals surface area contributed by atoms with Gasteiger partial charge in [0.25, 0.3) is 10.0 Å². The van der Waals surface area contributed by atoms with Crippen molar-refractivity contribution in [3.05, 3.63) is 94.0 Å². The molecule has 0 heterocycles. The number of carbonyl (C=O) groups is 2. The van der Waals surface area contributed by atoms with Crippen LogP contribution in [0.3, 0.4) is 0 Å². The van der Waals surface area contributed by atoms with Crippen molar-refractivity contribution in [3.8, 4) is 0 Å². The van der Waals surface area contributed by atoms with Gasteiger partial charge < -0.3 is 10.2 Å². The molecule has 0 bridgehead atoms. The Kier molecular flexibility index (Phi) is 10.3. The van der Waals surface area contributed by atoms with Crippen LogP contribution in [0.1, 0.15) is 50.2 Å². The summed E-state index contributed by atoms with van der Waals surface area (Å²) in [4.78, 5) is 29.3. The third kappa shape index (κ3) is 7.23. The lowest BCUT2D eigenvalue weighted by atomic mass is 10.1. The number of amides is 2. The van der Waals surface area contributed by atoms with Crippen molar-refractivity contribution in [2.75, 3.05) is 10.8 Å². The number of halogens is 2. The summed E-state index contributed by atoms with van der Waals surface area (Å²) in [5.41, 5.74) is 1.56. The number of aryl methyl sites for hydroxylation is 1. The maximum atomic E-state index is 14.2. The van der Waals surface area contributed by atoms with Gasteiger partial charge in [0.05, 0.1) is 10.6 Å². The number of carbonyl (C=O) groups excluding carboxylic acids is 2. The number of hydrogen-bond acceptors (Lipinski definition) is 4. The number of rotatable bonds is 11. The number of para-hydroxylation sites is 1. The van der Waals surface area contributed by atoms with Crippen LogP contribution in [0.5, 0.6) is 0 Å². The molecule has 3 aromatic carbocycles. The number of benzene rings is 3. The molecule has 1 fully saturated rings. The SMILES string of the molecule is CC[C@@H](C(=O)NC1CCCC1)N(Cc1c(Cl)cccc1Cl)C(=O)CN(c1ccccc1C)S(=O)(=O)c1ccccc1. The molecule has 218 valence electrons. The summed E-state index contributed by atoms with van der Waals surface area (Å²) in [6.07, 6.45) is 4.19. The highest BCUT2D eigenvalue weighted by Crippen LogP contribution is 2.30. The zero-order valence-corrected chi connectivity index (χ0v) is 25.6. The summed E-state index contributed by atoms with van der Waals surface area (Å²) in [7, 11) is -4.13. The molecule has 0 radical (unpaired) electrons. The lowest BCUT2D eigenvalue weighted by molar-refractivity contribution is -0.140. The van der Waals surface area contributed by atoms with Gasteiger partial charge in [-0.1, -0.05) is 85.4 Å². The molecule has 10 heteroatoms. The quantitative estimate of drug-likeness (QED) is 0.272. The monoisotopic (exact) mass is 615 g/mol. The maximum absolute atomic E-state index is 14.2. The first-order valence-electron chi connectivity index (χ1n) is 13.8. The predicted octanol–water partition coefficient (Wildman–Crippen LogP) is 6.36. The van der Waals surface area contributed by atoms with Crippen molar-refractivity contribution in [2.45, 2.75) is 69.5 Å². The molecule has 0 aromatic heterocycles. The first-order chi connectivity index (χ1) is 19.6. The molecule has 1 aliphatic rings. The standard InChI is InChI=1S/C31H35Cl2N3O4S/c1-3-28(31(38)34-23-13-8-9-14-23)35(20-25-26(32)17-11-18-27(25)33)30(37)21-36(29-19-10-7-12-22(29)2)41(39,40)24-15-5-4-6-16-24/h4-7,10-12,15-19,23,28H,3,8-9,13-14,20-21H2,1-2H3,(H,34,38)/t28-/m0/s1. The molecule has 0 spiro atoms. The Hall–Kier alpha value is -3.07. The van der Waals surface area contributed by atoms with Crippen LogP contribution in [0.15, 0.2) is 77.7 Å². The van der Waals surface area contributed by atoms with Crippen LogP contribution < -0.4 is 9.62 Å². The largest absolute Gasteiger partial charge is 0.352 e. The minimum Gasteiger partial charge on any atom is -0.352 e. The average molecular weight is 617 g/mol. The highest BCUT2D eigenvalue weighted by atomic mass is 35.5. The smallest absolute Gasteiger partial charge is 0.264 e. The normalized spacial score (nSPS) is 14.4. The molecule has 1 N–H and O–H groups in total. The lowest BCUT2D eigenvalue weighted by Crippen LogP contribution is -2.53. The van der Waals surface area contributed by atoms with Crippen molar-refractivity contribution < 1.29 is 18.0 Å². The van der Waals surface area contributed by atoms with E-state index in [1.165, 1.54) is 17.0 Å². The van der Waals surface area contributed by atoms with E-state index in [1.807, 2.05) is 6.92 Å². The Labute approximate surface area is 252 Å². The Balaban J connectivity index is 1.75. The lowest BCUT2D eigenvalue weighted by Gasteiger charge is -2.34. The van der Waals surface area contributed by atoms with Gasteiger partial charge in [-0.25, -0.2) is 8.42 Å². The first kappa shape index (κ1) is 30.9. The number of nitrogens with zero attached hydrogens (tertiary/aromatic N) is 2. The molecule has 4 rings (SSSR count). The van der Waals surface area contributed by atoms with Gasteiger partial charge in [-0.3, -0.25) is 13.9 Å². The minimum absolute atomic E-state index is 0.0546. The zero-order chi connectivity index (χ0) is 29.6. The molecule has 41 heavy (non-hydrogen) atoms. The van der Waals surface area contributed by atoms with Gasteiger partial charge in [0.15, 0.2) is 0 Å². The number of nitrogens with one attached hydrogen (secondary N) is 1. The molecule has 1 aliphatic carbocycles. The summed E-state index contributed by atoms with van der Waals surface area (Å²) in [5.74, 6) is -0.818. The fourth-order valence-electron chi connectivity index (χ4n) is 5.22. The van der Waals surface area contributed by atoms with Crippen LogP contribution in [-0.2, 0) is 26.2 Å². The highest BCUT2D eigenvalue weighted by Gasteiger charge is 2.35. The second-order valence-corrected chi connectivity index (χ2v) is 12.9. The Morgan fingerprint density at radius 2 is 1.54 bits per heavy atom. The molecule has 2 amide bonds. The van der Waals surface area contributed by atoms with E-state index >= 15 is 0 Å². The van der Waals surface area contributed by atoms with Gasteiger partial charge in [0, 0.05) is 28.2 Å². The summed E-state index contributed by atoms with van der Waals surface area (Å²) >= 11 is 13.0. The Morgan fingerprint density at radius 1 is 0.927 bits per heavy atom. The molecular weight excluding hydrogens is 581 g/mol. The van der Waals surface area contributed by atoms with Crippen molar-refractivity contribution in [1.29, 1.82) is 0 Å². The van der Waals surface area contributed by atoms with Crippen molar-refractivity contribution >= 4 is 50.7 Å². The number of anilines is 1. The van der Waals surface area contributed by atoms with Gasteiger partial charge in [-0.05, 0) is 62.1 Å². The van der Waals surface area contributed by atoms with E-state index < -0.39 is 28.5 Å². The van der Waals surface area contributed by atoms with Crippen molar-refractivity contribution in [1.82, 2.24) is 10.2 Å². The van der Waals surface area contributed by atoms with Gasteiger partial charge in [-0.15, -0.1) is 0 Å². The molecule has 1 atom stereocenters. The summed E-state index contributed by atoms with van der Waals surface area (Å²) < 4.78 is 29.0. The maximum Gasteiger partial charge on any atom is 0.264 e. The van der Waals surface area contributed by atoms with Crippen LogP contribution in [0.4, 0.5) is 5.69 Å². The fourth-order valence-corrected chi connectivity index (χ4v) is 7.23. The van der Waals surface area contributed by atoms with E-state index in [0.29, 0.717) is 33.3 Å². The van der Waals surface area contributed by atoms with E-state index in [-0.39, 0.29) is 23.4 Å². The summed E-state index contributed by atoms with van der Waals surface area (Å²) in [6.45, 7) is 3.05. The summed E-state index contributed by atoms with van der Waals surface area (Å²) in [5, 5.41) is 3.81. The van der Waals surface area contributed by atoms with Crippen molar-refractivity contribution in [2.24, 2.45) is 0 Å². The number of sulfonamides is 1. The topological polar surface area (TPSA) is 86.8 Å². The van der Waals surface area contributed by atoms with E-state index in [2.05, 4.69) is 5.32 Å². The molecule has 0 unspecified atom stereocenters. The highest BCUT2D eigenvalue weighted by molar-refractivity contribution is 7.92. The molecule has 3 aromatic rings. The van der Waals surface area contributed by atoms with E-state index in [9.17, 15) is 18.0 Å². The zero-order valence-electron chi connectivity index (χ0n) is 23.2. The molecule has 0 saturated heterocycles. The average Bonchev–Trinajstić information content (AvgIpc) is 3.47. The van der Waals surface area contributed by atoms with Crippen LogP contribution in [0, 0.1) is 6.92 Å². The number of hydrogen-bond donors (Lipinski definition) is 1. The summed E-state index contributed by atoms with van der Waals surface area (Å²) in [6, 6.07) is 19.2. The van der Waals surface area contributed by atoms with E-state index in [0.717, 1.165) is 30.0 Å². The predicted molar refractivity (Wildman–Crippen MR) is 164 cm³/mol. The van der Waals surface area contributed by atoms with Gasteiger partial charge in [0.1, 0.15) is 12.6 Å². The van der Waals surface area contributed by atoms with Crippen LogP contribution >= 0.6 is 23.2 Å². The van der Waals surface area contributed by atoms with Gasteiger partial charge >= 0.3 is 0 Å². The van der Waals surface area contributed by atoms with E-state index in [1.54, 1.807) is 67.6 Å². The van der Waals surface area contributed by atoms with Crippen LogP contribution in [0.25, 0.3) is 0 Å².